The summed E-state index contributed by atoms with van der Waals surface area (Å²) in [4.78, 5) is 9.61. The first-order valence-corrected chi connectivity index (χ1v) is 3.74. The van der Waals surface area contributed by atoms with Crippen LogP contribution in [0.2, 0.25) is 0 Å². The zero-order chi connectivity index (χ0) is 9.42. The molecular formula is C8H6FNO3. The SMILES string of the molecule is O=[N+]([O-])c1cccc(C2CO2)c1F. The predicted molar refractivity (Wildman–Crippen MR) is 41.7 cm³/mol. The van der Waals surface area contributed by atoms with E-state index in [9.17, 15) is 14.5 Å². The number of rotatable bonds is 2. The summed E-state index contributed by atoms with van der Waals surface area (Å²) in [5, 5.41) is 10.3. The van der Waals surface area contributed by atoms with Gasteiger partial charge in [-0.15, -0.1) is 0 Å². The third kappa shape index (κ3) is 1.38. The molecule has 1 aliphatic heterocycles. The minimum Gasteiger partial charge on any atom is -0.368 e. The van der Waals surface area contributed by atoms with Gasteiger partial charge in [-0.3, -0.25) is 10.1 Å². The van der Waals surface area contributed by atoms with Gasteiger partial charge in [0.2, 0.25) is 5.82 Å². The Morgan fingerprint density at radius 2 is 2.31 bits per heavy atom. The van der Waals surface area contributed by atoms with Crippen molar-refractivity contribution in [3.8, 4) is 0 Å². The molecule has 0 aromatic heterocycles. The lowest BCUT2D eigenvalue weighted by Crippen LogP contribution is -1.96. The van der Waals surface area contributed by atoms with Crippen LogP contribution in [0.25, 0.3) is 0 Å². The van der Waals surface area contributed by atoms with Crippen LogP contribution in [0.1, 0.15) is 11.7 Å². The number of nitro groups is 1. The second kappa shape index (κ2) is 2.77. The third-order valence-corrected chi connectivity index (χ3v) is 1.89. The fourth-order valence-electron chi connectivity index (χ4n) is 1.15. The first-order valence-electron chi connectivity index (χ1n) is 3.74. The summed E-state index contributed by atoms with van der Waals surface area (Å²) >= 11 is 0. The van der Waals surface area contributed by atoms with E-state index < -0.39 is 16.4 Å². The van der Waals surface area contributed by atoms with Gasteiger partial charge in [-0.25, -0.2) is 0 Å². The maximum Gasteiger partial charge on any atom is 0.305 e. The minimum atomic E-state index is -0.782. The van der Waals surface area contributed by atoms with E-state index in [1.165, 1.54) is 12.1 Å². The van der Waals surface area contributed by atoms with Crippen LogP contribution in [0.4, 0.5) is 10.1 Å². The topological polar surface area (TPSA) is 55.7 Å². The van der Waals surface area contributed by atoms with Crippen LogP contribution in [0.15, 0.2) is 18.2 Å². The van der Waals surface area contributed by atoms with E-state index in [-0.39, 0.29) is 11.7 Å². The van der Waals surface area contributed by atoms with Gasteiger partial charge in [0.15, 0.2) is 0 Å². The van der Waals surface area contributed by atoms with Crippen molar-refractivity contribution in [1.29, 1.82) is 0 Å². The van der Waals surface area contributed by atoms with Crippen molar-refractivity contribution >= 4 is 5.69 Å². The second-order valence-corrected chi connectivity index (χ2v) is 2.76. The molecule has 1 aromatic rings. The average Bonchev–Trinajstić information content (AvgIpc) is 2.87. The van der Waals surface area contributed by atoms with Crippen molar-refractivity contribution in [3.63, 3.8) is 0 Å². The fraction of sp³-hybridized carbons (Fsp3) is 0.250. The molecule has 0 saturated carbocycles. The molecule has 0 bridgehead atoms. The molecular weight excluding hydrogens is 177 g/mol. The number of halogens is 1. The van der Waals surface area contributed by atoms with Gasteiger partial charge in [0, 0.05) is 11.6 Å². The summed E-state index contributed by atoms with van der Waals surface area (Å²) in [7, 11) is 0. The largest absolute Gasteiger partial charge is 0.368 e. The number of hydrogen-bond donors (Lipinski definition) is 0. The molecule has 1 heterocycles. The van der Waals surface area contributed by atoms with E-state index in [4.69, 9.17) is 4.74 Å². The van der Waals surface area contributed by atoms with Crippen molar-refractivity contribution in [3.05, 3.63) is 39.7 Å². The molecule has 0 N–H and O–H groups in total. The summed E-state index contributed by atoms with van der Waals surface area (Å²) in [6, 6.07) is 4.10. The molecule has 1 aromatic carbocycles. The second-order valence-electron chi connectivity index (χ2n) is 2.76. The van der Waals surface area contributed by atoms with E-state index in [0.29, 0.717) is 6.61 Å². The van der Waals surface area contributed by atoms with Crippen LogP contribution in [0.3, 0.4) is 0 Å². The van der Waals surface area contributed by atoms with Crippen molar-refractivity contribution in [2.45, 2.75) is 6.10 Å². The number of hydrogen-bond acceptors (Lipinski definition) is 3. The van der Waals surface area contributed by atoms with Crippen LogP contribution in [0, 0.1) is 15.9 Å². The molecule has 0 amide bonds. The van der Waals surface area contributed by atoms with Gasteiger partial charge in [0.1, 0.15) is 6.10 Å². The Bertz CT molecular complexity index is 362. The lowest BCUT2D eigenvalue weighted by atomic mass is 10.1. The molecule has 68 valence electrons. The summed E-state index contributed by atoms with van der Waals surface area (Å²) < 4.78 is 18.1. The Labute approximate surface area is 73.1 Å². The van der Waals surface area contributed by atoms with E-state index in [2.05, 4.69) is 0 Å². The van der Waals surface area contributed by atoms with Gasteiger partial charge in [0.05, 0.1) is 11.5 Å². The minimum absolute atomic E-state index is 0.272. The number of epoxide rings is 1. The Morgan fingerprint density at radius 3 is 2.85 bits per heavy atom. The highest BCUT2D eigenvalue weighted by atomic mass is 19.1. The first kappa shape index (κ1) is 8.12. The van der Waals surface area contributed by atoms with Crippen molar-refractivity contribution in [2.24, 2.45) is 0 Å². The van der Waals surface area contributed by atoms with Gasteiger partial charge in [-0.1, -0.05) is 12.1 Å². The molecule has 13 heavy (non-hydrogen) atoms. The molecule has 1 fully saturated rings. The van der Waals surface area contributed by atoms with Gasteiger partial charge >= 0.3 is 5.69 Å². The van der Waals surface area contributed by atoms with E-state index in [1.54, 1.807) is 0 Å². The lowest BCUT2D eigenvalue weighted by molar-refractivity contribution is -0.387. The third-order valence-electron chi connectivity index (χ3n) is 1.89. The maximum absolute atomic E-state index is 13.3. The quantitative estimate of drug-likeness (QED) is 0.399. The van der Waals surface area contributed by atoms with Crippen molar-refractivity contribution in [1.82, 2.24) is 0 Å². The standard InChI is InChI=1S/C8H6FNO3/c9-8-5(7-4-13-7)2-1-3-6(8)10(11)12/h1-3,7H,4H2. The van der Waals surface area contributed by atoms with E-state index >= 15 is 0 Å². The fourth-order valence-corrected chi connectivity index (χ4v) is 1.15. The molecule has 0 spiro atoms. The zero-order valence-electron chi connectivity index (χ0n) is 6.57. The van der Waals surface area contributed by atoms with Gasteiger partial charge in [-0.05, 0) is 0 Å². The van der Waals surface area contributed by atoms with Gasteiger partial charge in [0.25, 0.3) is 0 Å². The normalized spacial score (nSPS) is 19.9. The highest BCUT2D eigenvalue weighted by molar-refractivity contribution is 5.38. The Kier molecular flexibility index (Phi) is 1.73. The van der Waals surface area contributed by atoms with Crippen LogP contribution >= 0.6 is 0 Å². The molecule has 0 aliphatic carbocycles. The Hall–Kier alpha value is -1.49. The maximum atomic E-state index is 13.3. The summed E-state index contributed by atoms with van der Waals surface area (Å²) in [6.45, 7) is 0.443. The Balaban J connectivity index is 2.47. The average molecular weight is 183 g/mol. The molecule has 1 unspecified atom stereocenters. The molecule has 2 rings (SSSR count). The van der Waals surface area contributed by atoms with Crippen molar-refractivity contribution in [2.75, 3.05) is 6.61 Å². The smallest absolute Gasteiger partial charge is 0.305 e. The number of ether oxygens (including phenoxy) is 1. The highest BCUT2D eigenvalue weighted by Gasteiger charge is 2.31. The Morgan fingerprint density at radius 1 is 1.62 bits per heavy atom. The number of benzene rings is 1. The molecule has 0 radical (unpaired) electrons. The van der Waals surface area contributed by atoms with Gasteiger partial charge in [-0.2, -0.15) is 4.39 Å². The number of nitrogens with zero attached hydrogens (tertiary/aromatic N) is 1. The molecule has 1 saturated heterocycles. The van der Waals surface area contributed by atoms with Gasteiger partial charge < -0.3 is 4.74 Å². The van der Waals surface area contributed by atoms with E-state index in [0.717, 1.165) is 6.07 Å². The molecule has 1 atom stereocenters. The zero-order valence-corrected chi connectivity index (χ0v) is 6.57. The highest BCUT2D eigenvalue weighted by Crippen LogP contribution is 2.34. The first-order chi connectivity index (χ1) is 6.20. The molecule has 5 heteroatoms. The lowest BCUT2D eigenvalue weighted by Gasteiger charge is -1.98. The summed E-state index contributed by atoms with van der Waals surface area (Å²) in [5.41, 5.74) is -0.220. The van der Waals surface area contributed by atoms with E-state index in [1.807, 2.05) is 0 Å². The molecule has 1 aliphatic rings. The van der Waals surface area contributed by atoms with Crippen molar-refractivity contribution < 1.29 is 14.1 Å². The number of nitro benzene ring substituents is 1. The molecule has 4 nitrogen and oxygen atoms in total. The van der Waals surface area contributed by atoms with Crippen LogP contribution in [-0.2, 0) is 4.74 Å². The summed E-state index contributed by atoms with van der Waals surface area (Å²) in [5.74, 6) is -0.782. The predicted octanol–water partition coefficient (Wildman–Crippen LogP) is 1.81. The van der Waals surface area contributed by atoms with Crippen LogP contribution in [0.5, 0.6) is 0 Å². The summed E-state index contributed by atoms with van der Waals surface area (Å²) in [6.07, 6.45) is -0.292. The van der Waals surface area contributed by atoms with Crippen LogP contribution in [-0.4, -0.2) is 11.5 Å². The van der Waals surface area contributed by atoms with Crippen LogP contribution < -0.4 is 0 Å². The monoisotopic (exact) mass is 183 g/mol.